The van der Waals surface area contributed by atoms with Crippen molar-refractivity contribution in [3.05, 3.63) is 0 Å². The van der Waals surface area contributed by atoms with Gasteiger partial charge in [-0.15, -0.1) is 0 Å². The van der Waals surface area contributed by atoms with Crippen LogP contribution in [0.2, 0.25) is 0 Å². The maximum Gasteiger partial charge on any atom is 0.328 e. The predicted octanol–water partition coefficient (Wildman–Crippen LogP) is -2.53. The van der Waals surface area contributed by atoms with E-state index >= 15 is 0 Å². The fraction of sp³-hybridized carbons (Fsp3) is 0.571. The molecule has 1 aliphatic rings. The van der Waals surface area contributed by atoms with E-state index in [1.807, 2.05) is 10.6 Å². The minimum Gasteiger partial charge on any atom is -0.333 e. The summed E-state index contributed by atoms with van der Waals surface area (Å²) in [7, 11) is 4.50. The van der Waals surface area contributed by atoms with E-state index in [0.717, 1.165) is 0 Å². The van der Waals surface area contributed by atoms with Crippen LogP contribution in [0, 0.1) is 0 Å². The molecule has 8 heteroatoms. The van der Waals surface area contributed by atoms with Crippen LogP contribution in [0.15, 0.2) is 0 Å². The summed E-state index contributed by atoms with van der Waals surface area (Å²) < 4.78 is 0. The number of barbiturate groups is 1. The molecular formula is C7H19N5O3. The van der Waals surface area contributed by atoms with Gasteiger partial charge in [-0.25, -0.2) is 4.79 Å². The van der Waals surface area contributed by atoms with Gasteiger partial charge in [0, 0.05) is 0 Å². The Morgan fingerprint density at radius 3 is 1.27 bits per heavy atom. The largest absolute Gasteiger partial charge is 0.333 e. The van der Waals surface area contributed by atoms with Crippen molar-refractivity contribution >= 4 is 17.8 Å². The molecule has 0 atom stereocenters. The van der Waals surface area contributed by atoms with Gasteiger partial charge >= 0.3 is 6.03 Å². The van der Waals surface area contributed by atoms with Gasteiger partial charge in [-0.3, -0.25) is 20.2 Å². The van der Waals surface area contributed by atoms with Gasteiger partial charge in [0.25, 0.3) is 0 Å². The first kappa shape index (κ1) is 19.1. The Kier molecular flexibility index (Phi) is 19.1. The number of carbonyl (C=O) groups excluding carboxylic acids is 3. The smallest absolute Gasteiger partial charge is 0.328 e. The summed E-state index contributed by atoms with van der Waals surface area (Å²) in [5.74, 6) is -1.10. The molecule has 8 nitrogen and oxygen atoms in total. The zero-order valence-electron chi connectivity index (χ0n) is 9.16. The average Bonchev–Trinajstić information content (AvgIpc) is 2.24. The summed E-state index contributed by atoms with van der Waals surface area (Å²) in [5.41, 5.74) is 13.5. The highest BCUT2D eigenvalue weighted by Gasteiger charge is 2.20. The molecule has 0 saturated carbocycles. The van der Waals surface area contributed by atoms with E-state index in [1.165, 1.54) is 21.1 Å². The molecule has 1 rings (SSSR count). The molecule has 0 aromatic heterocycles. The van der Waals surface area contributed by atoms with Crippen LogP contribution in [0.5, 0.6) is 0 Å². The van der Waals surface area contributed by atoms with Gasteiger partial charge in [0.15, 0.2) is 0 Å². The Bertz CT molecular complexity index is 150. The normalized spacial score (nSPS) is 12.5. The van der Waals surface area contributed by atoms with Crippen LogP contribution >= 0.6 is 0 Å². The Balaban J connectivity index is -0.000000208. The molecule has 1 saturated heterocycles. The van der Waals surface area contributed by atoms with Gasteiger partial charge in [0.2, 0.25) is 11.8 Å². The van der Waals surface area contributed by atoms with Crippen molar-refractivity contribution in [3.63, 3.8) is 0 Å². The summed E-state index contributed by atoms with van der Waals surface area (Å²) in [6, 6.07) is -0.740. The second-order valence-electron chi connectivity index (χ2n) is 1.60. The van der Waals surface area contributed by atoms with E-state index in [0.29, 0.717) is 0 Å². The first-order chi connectivity index (χ1) is 7.18. The van der Waals surface area contributed by atoms with Crippen LogP contribution in [0.25, 0.3) is 0 Å². The van der Waals surface area contributed by atoms with Gasteiger partial charge in [-0.1, -0.05) is 0 Å². The lowest BCUT2D eigenvalue weighted by Gasteiger charge is -2.09. The summed E-state index contributed by atoms with van der Waals surface area (Å²) in [5, 5.41) is 3.80. The number of urea groups is 1. The summed E-state index contributed by atoms with van der Waals surface area (Å²) >= 11 is 0. The third kappa shape index (κ3) is 12.5. The second kappa shape index (κ2) is 15.0. The molecule has 4 amide bonds. The molecule has 0 radical (unpaired) electrons. The third-order valence-electron chi connectivity index (χ3n) is 0.827. The summed E-state index contributed by atoms with van der Waals surface area (Å²) in [6.07, 6.45) is -0.258. The fourth-order valence-electron chi connectivity index (χ4n) is 0.519. The first-order valence-corrected chi connectivity index (χ1v) is 4.05. The van der Waals surface area contributed by atoms with E-state index in [4.69, 9.17) is 0 Å². The highest BCUT2D eigenvalue weighted by Crippen LogP contribution is 1.85. The molecule has 1 fully saturated rings. The van der Waals surface area contributed by atoms with Crippen molar-refractivity contribution < 1.29 is 14.4 Å². The van der Waals surface area contributed by atoms with Crippen LogP contribution < -0.4 is 27.8 Å². The van der Waals surface area contributed by atoms with E-state index in [1.54, 1.807) is 0 Å². The Morgan fingerprint density at radius 1 is 0.800 bits per heavy atom. The average molecular weight is 221 g/mol. The van der Waals surface area contributed by atoms with Gasteiger partial charge in [0.1, 0.15) is 6.42 Å². The van der Waals surface area contributed by atoms with Gasteiger partial charge in [-0.05, 0) is 21.1 Å². The predicted molar refractivity (Wildman–Crippen MR) is 56.6 cm³/mol. The molecule has 0 aromatic carbocycles. The monoisotopic (exact) mass is 221 g/mol. The van der Waals surface area contributed by atoms with Crippen molar-refractivity contribution in [2.75, 3.05) is 21.1 Å². The van der Waals surface area contributed by atoms with Crippen LogP contribution in [0.3, 0.4) is 0 Å². The van der Waals surface area contributed by atoms with Crippen LogP contribution in [0.4, 0.5) is 4.79 Å². The molecule has 8 N–H and O–H groups in total. The molecule has 1 heterocycles. The lowest BCUT2D eigenvalue weighted by atomic mass is 10.3. The molecule has 0 aliphatic carbocycles. The maximum absolute atomic E-state index is 10.3. The van der Waals surface area contributed by atoms with Crippen molar-refractivity contribution in [2.45, 2.75) is 6.42 Å². The standard InChI is InChI=1S/C4H4N2O3.3CH5N/c7-2-1-3(8)6-4(9)5-2;3*1-2/h1H2,(H2,5,6,7,8,9);3*2H2,1H3. The van der Waals surface area contributed by atoms with Crippen molar-refractivity contribution in [1.29, 1.82) is 0 Å². The van der Waals surface area contributed by atoms with Crippen LogP contribution in [-0.2, 0) is 9.59 Å². The van der Waals surface area contributed by atoms with Gasteiger partial charge < -0.3 is 17.2 Å². The zero-order chi connectivity index (χ0) is 12.9. The Morgan fingerprint density at radius 2 is 1.07 bits per heavy atom. The number of rotatable bonds is 0. The lowest BCUT2D eigenvalue weighted by Crippen LogP contribution is -2.49. The van der Waals surface area contributed by atoms with E-state index in [9.17, 15) is 14.4 Å². The summed E-state index contributed by atoms with van der Waals surface area (Å²) in [4.78, 5) is 30.8. The lowest BCUT2D eigenvalue weighted by molar-refractivity contribution is -0.129. The molecule has 90 valence electrons. The number of hydrogen-bond acceptors (Lipinski definition) is 6. The third-order valence-corrected chi connectivity index (χ3v) is 0.827. The topological polar surface area (TPSA) is 153 Å². The molecule has 0 unspecified atom stereocenters. The van der Waals surface area contributed by atoms with E-state index in [2.05, 4.69) is 17.2 Å². The van der Waals surface area contributed by atoms with Gasteiger partial charge in [-0.2, -0.15) is 0 Å². The number of imide groups is 2. The zero-order valence-corrected chi connectivity index (χ0v) is 9.16. The number of carbonyl (C=O) groups is 3. The maximum atomic E-state index is 10.3. The second-order valence-corrected chi connectivity index (χ2v) is 1.60. The molecule has 15 heavy (non-hydrogen) atoms. The number of amides is 4. The fourth-order valence-corrected chi connectivity index (χ4v) is 0.519. The SMILES string of the molecule is CN.CN.CN.O=C1CC(=O)NC(=O)N1. The number of nitrogens with two attached hydrogens (primary N) is 3. The Hall–Kier alpha value is -1.51. The highest BCUT2D eigenvalue weighted by molar-refractivity contribution is 6.14. The minimum atomic E-state index is -0.740. The summed E-state index contributed by atoms with van der Waals surface area (Å²) in [6.45, 7) is 0. The molecule has 0 spiro atoms. The quantitative estimate of drug-likeness (QED) is 0.284. The van der Waals surface area contributed by atoms with E-state index < -0.39 is 17.8 Å². The molecule has 0 aromatic rings. The van der Waals surface area contributed by atoms with E-state index in [-0.39, 0.29) is 6.42 Å². The number of nitrogens with one attached hydrogen (secondary N) is 2. The number of hydrogen-bond donors (Lipinski definition) is 5. The minimum absolute atomic E-state index is 0.258. The van der Waals surface area contributed by atoms with Crippen molar-refractivity contribution in [3.8, 4) is 0 Å². The highest BCUT2D eigenvalue weighted by atomic mass is 16.2. The molecule has 0 bridgehead atoms. The van der Waals surface area contributed by atoms with Crippen molar-refractivity contribution in [2.24, 2.45) is 17.2 Å². The van der Waals surface area contributed by atoms with Crippen LogP contribution in [-0.4, -0.2) is 39.0 Å². The molecular weight excluding hydrogens is 202 g/mol. The van der Waals surface area contributed by atoms with Crippen LogP contribution in [0.1, 0.15) is 6.42 Å². The van der Waals surface area contributed by atoms with Crippen molar-refractivity contribution in [1.82, 2.24) is 10.6 Å². The Labute approximate surface area is 88.5 Å². The molecule has 1 aliphatic heterocycles. The first-order valence-electron chi connectivity index (χ1n) is 4.05. The van der Waals surface area contributed by atoms with Gasteiger partial charge in [0.05, 0.1) is 0 Å².